The Kier molecular flexibility index (Phi) is 3.76. The van der Waals surface area contributed by atoms with Gasteiger partial charge in [0.15, 0.2) is 0 Å². The van der Waals surface area contributed by atoms with E-state index in [1.807, 2.05) is 25.2 Å². The lowest BCUT2D eigenvalue weighted by atomic mass is 10.4. The summed E-state index contributed by atoms with van der Waals surface area (Å²) < 4.78 is 5.25. The number of hydrogen-bond acceptors (Lipinski definition) is 4. The van der Waals surface area contributed by atoms with Gasteiger partial charge >= 0.3 is 0 Å². The molecule has 0 amide bonds. The van der Waals surface area contributed by atoms with Gasteiger partial charge in [-0.3, -0.25) is 0 Å². The molecule has 1 saturated heterocycles. The number of hydrogen-bond donors (Lipinski definition) is 0. The van der Waals surface area contributed by atoms with Crippen LogP contribution in [-0.4, -0.2) is 56.9 Å². The van der Waals surface area contributed by atoms with Crippen LogP contribution in [0.5, 0.6) is 0 Å². The molecule has 0 radical (unpaired) electrons. The van der Waals surface area contributed by atoms with Gasteiger partial charge < -0.3 is 14.5 Å². The lowest BCUT2D eigenvalue weighted by Crippen LogP contribution is -2.35. The number of aliphatic imine (C=N–C) groups is 1. The molecule has 0 aromatic heterocycles. The zero-order chi connectivity index (χ0) is 9.68. The van der Waals surface area contributed by atoms with E-state index >= 15 is 0 Å². The van der Waals surface area contributed by atoms with Gasteiger partial charge in [-0.1, -0.05) is 0 Å². The number of ether oxygens (including phenoxy) is 1. The molecule has 0 aliphatic carbocycles. The first-order chi connectivity index (χ1) is 6.24. The Balaban J connectivity index is 2.58. The molecule has 1 heterocycles. The number of nitrogens with zero attached hydrogens (tertiary/aromatic N) is 3. The average Bonchev–Trinajstić information content (AvgIpc) is 2.15. The van der Waals surface area contributed by atoms with Crippen LogP contribution in [0, 0.1) is 0 Å². The summed E-state index contributed by atoms with van der Waals surface area (Å²) in [5.41, 5.74) is 0. The summed E-state index contributed by atoms with van der Waals surface area (Å²) in [5.74, 6) is 0.924. The molecule has 1 aliphatic rings. The summed E-state index contributed by atoms with van der Waals surface area (Å²) in [7, 11) is 3.96. The highest BCUT2D eigenvalue weighted by molar-refractivity contribution is 5.28. The van der Waals surface area contributed by atoms with Gasteiger partial charge in [0.2, 0.25) is 0 Å². The molecule has 0 unspecified atom stereocenters. The molecule has 0 bridgehead atoms. The molecule has 4 nitrogen and oxygen atoms in total. The Morgan fingerprint density at radius 2 is 2.08 bits per heavy atom. The standard InChI is InChI=1S/C9H17N3O/c1-10-9(8-11(2)3)12-4-6-13-7-5-12/h8H,1,4-7H2,2-3H3/b9-8+. The van der Waals surface area contributed by atoms with Crippen LogP contribution in [0.3, 0.4) is 0 Å². The van der Waals surface area contributed by atoms with Crippen LogP contribution >= 0.6 is 0 Å². The molecule has 4 heteroatoms. The van der Waals surface area contributed by atoms with E-state index in [-0.39, 0.29) is 0 Å². The molecule has 1 fully saturated rings. The third-order valence-corrected chi connectivity index (χ3v) is 1.87. The van der Waals surface area contributed by atoms with Gasteiger partial charge in [0.1, 0.15) is 5.82 Å². The summed E-state index contributed by atoms with van der Waals surface area (Å²) in [6.07, 6.45) is 1.97. The molecule has 0 spiro atoms. The Morgan fingerprint density at radius 3 is 2.54 bits per heavy atom. The quantitative estimate of drug-likeness (QED) is 0.592. The molecule has 74 valence electrons. The monoisotopic (exact) mass is 183 g/mol. The molecular weight excluding hydrogens is 166 g/mol. The van der Waals surface area contributed by atoms with Gasteiger partial charge in [0.25, 0.3) is 0 Å². The Hall–Kier alpha value is -1.03. The second-order valence-corrected chi connectivity index (χ2v) is 3.21. The minimum absolute atomic E-state index is 0.778. The first-order valence-corrected chi connectivity index (χ1v) is 4.41. The van der Waals surface area contributed by atoms with Crippen LogP contribution in [0.15, 0.2) is 17.0 Å². The third kappa shape index (κ3) is 3.06. The predicted molar refractivity (Wildman–Crippen MR) is 53.7 cm³/mol. The van der Waals surface area contributed by atoms with E-state index in [9.17, 15) is 0 Å². The van der Waals surface area contributed by atoms with Crippen LogP contribution in [-0.2, 0) is 4.74 Å². The Labute approximate surface area is 79.5 Å². The molecule has 0 saturated carbocycles. The summed E-state index contributed by atoms with van der Waals surface area (Å²) in [6, 6.07) is 0. The SMILES string of the molecule is C=N/C(=C\N(C)C)N1CCOCC1. The smallest absolute Gasteiger partial charge is 0.143 e. The fourth-order valence-corrected chi connectivity index (χ4v) is 1.25. The summed E-state index contributed by atoms with van der Waals surface area (Å²) in [4.78, 5) is 8.14. The molecule has 0 N–H and O–H groups in total. The minimum Gasteiger partial charge on any atom is -0.381 e. The lowest BCUT2D eigenvalue weighted by molar-refractivity contribution is 0.0525. The van der Waals surface area contributed by atoms with Crippen molar-refractivity contribution in [2.45, 2.75) is 0 Å². The largest absolute Gasteiger partial charge is 0.381 e. The maximum atomic E-state index is 5.25. The topological polar surface area (TPSA) is 28.1 Å². The summed E-state index contributed by atoms with van der Waals surface area (Å²) in [6.45, 7) is 6.92. The van der Waals surface area contributed by atoms with E-state index in [0.717, 1.165) is 32.1 Å². The van der Waals surface area contributed by atoms with E-state index in [0.29, 0.717) is 0 Å². The molecule has 1 rings (SSSR count). The van der Waals surface area contributed by atoms with Crippen LogP contribution in [0.25, 0.3) is 0 Å². The molecule has 1 aliphatic heterocycles. The second-order valence-electron chi connectivity index (χ2n) is 3.21. The zero-order valence-corrected chi connectivity index (χ0v) is 8.36. The van der Waals surface area contributed by atoms with E-state index in [2.05, 4.69) is 16.6 Å². The minimum atomic E-state index is 0.778. The molecule has 0 aromatic rings. The first-order valence-electron chi connectivity index (χ1n) is 4.41. The van der Waals surface area contributed by atoms with E-state index in [1.165, 1.54) is 0 Å². The normalized spacial score (nSPS) is 18.6. The van der Waals surface area contributed by atoms with Crippen LogP contribution in [0.4, 0.5) is 0 Å². The van der Waals surface area contributed by atoms with Gasteiger partial charge in [0, 0.05) is 33.4 Å². The van der Waals surface area contributed by atoms with Crippen molar-refractivity contribution in [3.8, 4) is 0 Å². The van der Waals surface area contributed by atoms with Crippen molar-refractivity contribution in [1.29, 1.82) is 0 Å². The van der Waals surface area contributed by atoms with E-state index in [1.54, 1.807) is 0 Å². The van der Waals surface area contributed by atoms with E-state index in [4.69, 9.17) is 4.74 Å². The highest BCUT2D eigenvalue weighted by atomic mass is 16.5. The van der Waals surface area contributed by atoms with Gasteiger partial charge in [-0.25, -0.2) is 4.99 Å². The van der Waals surface area contributed by atoms with Crippen molar-refractivity contribution in [1.82, 2.24) is 9.80 Å². The van der Waals surface area contributed by atoms with E-state index < -0.39 is 0 Å². The lowest BCUT2D eigenvalue weighted by Gasteiger charge is -2.29. The summed E-state index contributed by atoms with van der Waals surface area (Å²) in [5, 5.41) is 0. The highest BCUT2D eigenvalue weighted by Crippen LogP contribution is 2.08. The van der Waals surface area contributed by atoms with Crippen molar-refractivity contribution in [3.05, 3.63) is 12.0 Å². The van der Waals surface area contributed by atoms with Gasteiger partial charge in [-0.15, -0.1) is 0 Å². The fourth-order valence-electron chi connectivity index (χ4n) is 1.25. The third-order valence-electron chi connectivity index (χ3n) is 1.87. The van der Waals surface area contributed by atoms with Crippen LogP contribution in [0.2, 0.25) is 0 Å². The van der Waals surface area contributed by atoms with Gasteiger partial charge in [-0.2, -0.15) is 0 Å². The molecular formula is C9H17N3O. The average molecular weight is 183 g/mol. The fraction of sp³-hybridized carbons (Fsp3) is 0.667. The molecule has 0 atom stereocenters. The molecule has 13 heavy (non-hydrogen) atoms. The Morgan fingerprint density at radius 1 is 1.46 bits per heavy atom. The van der Waals surface area contributed by atoms with Crippen molar-refractivity contribution < 1.29 is 4.74 Å². The number of morpholine rings is 1. The van der Waals surface area contributed by atoms with Gasteiger partial charge in [0.05, 0.1) is 13.2 Å². The second kappa shape index (κ2) is 4.87. The number of rotatable bonds is 3. The predicted octanol–water partition coefficient (Wildman–Crippen LogP) is 0.380. The summed E-state index contributed by atoms with van der Waals surface area (Å²) >= 11 is 0. The zero-order valence-electron chi connectivity index (χ0n) is 8.36. The van der Waals surface area contributed by atoms with Crippen molar-refractivity contribution in [2.24, 2.45) is 4.99 Å². The Bertz CT molecular complexity index is 195. The van der Waals surface area contributed by atoms with Crippen molar-refractivity contribution in [2.75, 3.05) is 40.4 Å². The first kappa shape index (κ1) is 10.1. The van der Waals surface area contributed by atoms with Gasteiger partial charge in [-0.05, 0) is 6.72 Å². The van der Waals surface area contributed by atoms with Crippen LogP contribution < -0.4 is 0 Å². The van der Waals surface area contributed by atoms with Crippen molar-refractivity contribution in [3.63, 3.8) is 0 Å². The highest BCUT2D eigenvalue weighted by Gasteiger charge is 2.12. The maximum absolute atomic E-state index is 5.25. The van der Waals surface area contributed by atoms with Crippen LogP contribution in [0.1, 0.15) is 0 Å². The van der Waals surface area contributed by atoms with Crippen molar-refractivity contribution >= 4 is 6.72 Å². The maximum Gasteiger partial charge on any atom is 0.143 e. The molecule has 0 aromatic carbocycles.